The minimum absolute atomic E-state index is 0.0506. The minimum atomic E-state index is -3.99. The second-order valence-corrected chi connectivity index (χ2v) is 10.1. The fraction of sp³-hybridized carbons (Fsp3) is 0.269. The third-order valence-electron chi connectivity index (χ3n) is 5.97. The Bertz CT molecular complexity index is 1260. The Hall–Kier alpha value is -3.39. The van der Waals surface area contributed by atoms with Gasteiger partial charge in [0.1, 0.15) is 5.82 Å². The molecule has 34 heavy (non-hydrogen) atoms. The van der Waals surface area contributed by atoms with Crippen LogP contribution in [0.25, 0.3) is 0 Å². The number of benzene rings is 3. The third kappa shape index (κ3) is 5.39. The van der Waals surface area contributed by atoms with Gasteiger partial charge in [-0.05, 0) is 67.3 Å². The van der Waals surface area contributed by atoms with Gasteiger partial charge < -0.3 is 9.80 Å². The molecule has 8 heteroatoms. The van der Waals surface area contributed by atoms with E-state index in [1.165, 1.54) is 61.7 Å². The number of nitrogens with one attached hydrogen (secondary N) is 1. The van der Waals surface area contributed by atoms with Crippen LogP contribution in [0.3, 0.4) is 0 Å². The second-order valence-electron chi connectivity index (χ2n) is 8.45. The van der Waals surface area contributed by atoms with Crippen LogP contribution in [0.2, 0.25) is 0 Å². The Balaban J connectivity index is 1.46. The summed E-state index contributed by atoms with van der Waals surface area (Å²) in [4.78, 5) is 17.0. The van der Waals surface area contributed by atoms with Crippen molar-refractivity contribution in [3.05, 3.63) is 89.7 Å². The van der Waals surface area contributed by atoms with Gasteiger partial charge in [-0.25, -0.2) is 12.8 Å². The molecule has 0 aliphatic carbocycles. The highest BCUT2D eigenvalue weighted by molar-refractivity contribution is 7.92. The maximum absolute atomic E-state index is 13.8. The predicted molar refractivity (Wildman–Crippen MR) is 132 cm³/mol. The number of para-hydroxylation sites is 2. The number of carbonyl (C=O) groups is 1. The summed E-state index contributed by atoms with van der Waals surface area (Å²) in [5.41, 5.74) is 2.48. The maximum atomic E-state index is 13.8. The molecule has 1 N–H and O–H groups in total. The average molecular weight is 482 g/mol. The lowest BCUT2D eigenvalue weighted by Gasteiger charge is -2.31. The third-order valence-corrected chi connectivity index (χ3v) is 7.35. The Morgan fingerprint density at radius 3 is 2.29 bits per heavy atom. The predicted octanol–water partition coefficient (Wildman–Crippen LogP) is 4.89. The summed E-state index contributed by atoms with van der Waals surface area (Å²) in [6.07, 6.45) is 3.59. The van der Waals surface area contributed by atoms with Crippen molar-refractivity contribution in [2.24, 2.45) is 0 Å². The number of anilines is 2. The van der Waals surface area contributed by atoms with Gasteiger partial charge in [-0.1, -0.05) is 30.3 Å². The standard InChI is InChI=1S/C26H28FN3O3S/c1-29(19-21-9-3-6-12-25(21)30-17-7-2-8-18-30)26(31)20-13-15-22(16-14-20)34(32,33)28-24-11-5-4-10-23(24)27/h3-6,9-16,28H,2,7-8,17-19H2,1H3. The van der Waals surface area contributed by atoms with Crippen molar-refractivity contribution in [1.82, 2.24) is 4.90 Å². The first-order chi connectivity index (χ1) is 16.3. The second kappa shape index (κ2) is 10.3. The van der Waals surface area contributed by atoms with Crippen molar-refractivity contribution in [1.29, 1.82) is 0 Å². The van der Waals surface area contributed by atoms with Crippen molar-refractivity contribution >= 4 is 27.3 Å². The lowest BCUT2D eigenvalue weighted by atomic mass is 10.1. The molecule has 3 aromatic carbocycles. The Morgan fingerprint density at radius 1 is 0.941 bits per heavy atom. The fourth-order valence-electron chi connectivity index (χ4n) is 4.16. The van der Waals surface area contributed by atoms with Crippen molar-refractivity contribution in [3.8, 4) is 0 Å². The van der Waals surface area contributed by atoms with Crippen molar-refractivity contribution in [3.63, 3.8) is 0 Å². The van der Waals surface area contributed by atoms with E-state index in [2.05, 4.69) is 15.7 Å². The van der Waals surface area contributed by atoms with E-state index in [0.717, 1.165) is 24.3 Å². The van der Waals surface area contributed by atoms with E-state index in [4.69, 9.17) is 0 Å². The number of rotatable bonds is 7. The molecule has 0 atom stereocenters. The van der Waals surface area contributed by atoms with Gasteiger partial charge in [0.05, 0.1) is 10.6 Å². The number of sulfonamides is 1. The summed E-state index contributed by atoms with van der Waals surface area (Å²) < 4.78 is 41.3. The van der Waals surface area contributed by atoms with Gasteiger partial charge in [0.2, 0.25) is 0 Å². The Labute approximate surface area is 200 Å². The van der Waals surface area contributed by atoms with Gasteiger partial charge in [-0.15, -0.1) is 0 Å². The van der Waals surface area contributed by atoms with Crippen LogP contribution in [0, 0.1) is 5.82 Å². The SMILES string of the molecule is CN(Cc1ccccc1N1CCCCC1)C(=O)c1ccc(S(=O)(=O)Nc2ccccc2F)cc1. The molecule has 1 fully saturated rings. The molecule has 1 saturated heterocycles. The lowest BCUT2D eigenvalue weighted by Crippen LogP contribution is -2.32. The van der Waals surface area contributed by atoms with E-state index in [1.807, 2.05) is 18.2 Å². The topological polar surface area (TPSA) is 69.7 Å². The van der Waals surface area contributed by atoms with Gasteiger partial charge in [0.15, 0.2) is 0 Å². The molecule has 1 heterocycles. The monoisotopic (exact) mass is 481 g/mol. The summed E-state index contributed by atoms with van der Waals surface area (Å²) >= 11 is 0. The molecule has 0 spiro atoms. The number of piperidine rings is 1. The first kappa shape index (κ1) is 23.8. The van der Waals surface area contributed by atoms with E-state index >= 15 is 0 Å². The van der Waals surface area contributed by atoms with Crippen molar-refractivity contribution in [2.75, 3.05) is 29.8 Å². The minimum Gasteiger partial charge on any atom is -0.371 e. The normalized spacial score (nSPS) is 14.0. The number of carbonyl (C=O) groups excluding carboxylic acids is 1. The van der Waals surface area contributed by atoms with Crippen LogP contribution in [0.15, 0.2) is 77.7 Å². The van der Waals surface area contributed by atoms with Gasteiger partial charge in [-0.3, -0.25) is 9.52 Å². The summed E-state index contributed by atoms with van der Waals surface area (Å²) in [6, 6.07) is 19.3. The fourth-order valence-corrected chi connectivity index (χ4v) is 5.23. The van der Waals surface area contributed by atoms with Gasteiger partial charge in [0.25, 0.3) is 15.9 Å². The zero-order chi connectivity index (χ0) is 24.1. The van der Waals surface area contributed by atoms with Crippen molar-refractivity contribution < 1.29 is 17.6 Å². The molecule has 1 aliphatic rings. The van der Waals surface area contributed by atoms with Crippen LogP contribution in [-0.2, 0) is 16.6 Å². The maximum Gasteiger partial charge on any atom is 0.261 e. The molecule has 0 aromatic heterocycles. The lowest BCUT2D eigenvalue weighted by molar-refractivity contribution is 0.0785. The highest BCUT2D eigenvalue weighted by atomic mass is 32.2. The summed E-state index contributed by atoms with van der Waals surface area (Å²) in [6.45, 7) is 2.48. The molecule has 1 aliphatic heterocycles. The van der Waals surface area contributed by atoms with Gasteiger partial charge >= 0.3 is 0 Å². The van der Waals surface area contributed by atoms with Gasteiger partial charge in [0, 0.05) is 37.9 Å². The summed E-state index contributed by atoms with van der Waals surface area (Å²) in [5, 5.41) is 0. The molecular formula is C26H28FN3O3S. The van der Waals surface area contributed by atoms with Crippen LogP contribution < -0.4 is 9.62 Å². The van der Waals surface area contributed by atoms with E-state index in [-0.39, 0.29) is 16.5 Å². The number of halogens is 1. The Kier molecular flexibility index (Phi) is 7.17. The van der Waals surface area contributed by atoms with E-state index in [1.54, 1.807) is 18.0 Å². The van der Waals surface area contributed by atoms with E-state index in [9.17, 15) is 17.6 Å². The number of hydrogen-bond donors (Lipinski definition) is 1. The van der Waals surface area contributed by atoms with E-state index in [0.29, 0.717) is 12.1 Å². The number of nitrogens with zero attached hydrogens (tertiary/aromatic N) is 2. The number of hydrogen-bond acceptors (Lipinski definition) is 4. The van der Waals surface area contributed by atoms with Crippen LogP contribution in [0.1, 0.15) is 35.2 Å². The molecule has 4 rings (SSSR count). The average Bonchev–Trinajstić information content (AvgIpc) is 2.86. The van der Waals surface area contributed by atoms with Crippen LogP contribution in [0.4, 0.5) is 15.8 Å². The molecule has 0 bridgehead atoms. The molecule has 1 amide bonds. The zero-order valence-electron chi connectivity index (χ0n) is 19.1. The highest BCUT2D eigenvalue weighted by Crippen LogP contribution is 2.26. The molecule has 3 aromatic rings. The molecule has 0 radical (unpaired) electrons. The summed E-state index contributed by atoms with van der Waals surface area (Å²) in [5.74, 6) is -0.871. The van der Waals surface area contributed by atoms with E-state index < -0.39 is 15.8 Å². The molecule has 0 saturated carbocycles. The Morgan fingerprint density at radius 2 is 1.59 bits per heavy atom. The molecule has 6 nitrogen and oxygen atoms in total. The van der Waals surface area contributed by atoms with Crippen LogP contribution in [0.5, 0.6) is 0 Å². The number of amides is 1. The quantitative estimate of drug-likeness (QED) is 0.522. The first-order valence-corrected chi connectivity index (χ1v) is 12.8. The largest absolute Gasteiger partial charge is 0.371 e. The van der Waals surface area contributed by atoms with Gasteiger partial charge in [-0.2, -0.15) is 0 Å². The van der Waals surface area contributed by atoms with Crippen LogP contribution >= 0.6 is 0 Å². The first-order valence-electron chi connectivity index (χ1n) is 11.3. The molecule has 178 valence electrons. The highest BCUT2D eigenvalue weighted by Gasteiger charge is 2.20. The molecular weight excluding hydrogens is 453 g/mol. The molecule has 0 unspecified atom stereocenters. The summed E-state index contributed by atoms with van der Waals surface area (Å²) in [7, 11) is -2.25. The zero-order valence-corrected chi connectivity index (χ0v) is 19.9. The smallest absolute Gasteiger partial charge is 0.261 e. The van der Waals surface area contributed by atoms with Crippen LogP contribution in [-0.4, -0.2) is 39.4 Å². The van der Waals surface area contributed by atoms with Crippen molar-refractivity contribution in [2.45, 2.75) is 30.7 Å².